The standard InChI is InChI=1S/C23H20BrNO5/c24-16-9-5-14(6-10-16)20(26)13-30-23(29)15-7-11-17(12-8-15)25-21(27)18-3-1-2-4-19(18)22(25)28/h5-12,18-19H,1-4,13H2. The molecule has 0 radical (unpaired) electrons. The van der Waals surface area contributed by atoms with Gasteiger partial charge in [-0.2, -0.15) is 0 Å². The van der Waals surface area contributed by atoms with Gasteiger partial charge in [0.2, 0.25) is 11.8 Å². The van der Waals surface area contributed by atoms with E-state index in [2.05, 4.69) is 15.9 Å². The molecule has 0 bridgehead atoms. The van der Waals surface area contributed by atoms with Gasteiger partial charge in [-0.1, -0.05) is 40.9 Å². The minimum Gasteiger partial charge on any atom is -0.454 e. The SMILES string of the molecule is O=C(COC(=O)c1ccc(N2C(=O)C3CCCCC3C2=O)cc1)c1ccc(Br)cc1. The fourth-order valence-corrected chi connectivity index (χ4v) is 4.36. The summed E-state index contributed by atoms with van der Waals surface area (Å²) in [4.78, 5) is 51.0. The molecule has 0 aromatic heterocycles. The molecule has 4 rings (SSSR count). The van der Waals surface area contributed by atoms with Crippen LogP contribution in [0.15, 0.2) is 53.0 Å². The van der Waals surface area contributed by atoms with E-state index in [1.54, 1.807) is 36.4 Å². The number of Topliss-reactive ketones (excluding diaryl/α,β-unsaturated/α-hetero) is 1. The highest BCUT2D eigenvalue weighted by Crippen LogP contribution is 2.40. The summed E-state index contributed by atoms with van der Waals surface area (Å²) in [7, 11) is 0. The molecule has 1 saturated heterocycles. The molecule has 1 heterocycles. The lowest BCUT2D eigenvalue weighted by Crippen LogP contribution is -2.30. The predicted octanol–water partition coefficient (Wildman–Crippen LogP) is 4.17. The van der Waals surface area contributed by atoms with Crippen molar-refractivity contribution in [1.82, 2.24) is 0 Å². The van der Waals surface area contributed by atoms with Crippen molar-refractivity contribution in [1.29, 1.82) is 0 Å². The van der Waals surface area contributed by atoms with Crippen LogP contribution in [-0.4, -0.2) is 30.2 Å². The third-order valence-electron chi connectivity index (χ3n) is 5.70. The number of esters is 1. The van der Waals surface area contributed by atoms with Gasteiger partial charge in [0.05, 0.1) is 23.1 Å². The summed E-state index contributed by atoms with van der Waals surface area (Å²) in [5.41, 5.74) is 1.16. The van der Waals surface area contributed by atoms with Crippen LogP contribution >= 0.6 is 15.9 Å². The summed E-state index contributed by atoms with van der Waals surface area (Å²) >= 11 is 3.30. The van der Waals surface area contributed by atoms with Gasteiger partial charge in [0.15, 0.2) is 12.4 Å². The molecular weight excluding hydrogens is 450 g/mol. The number of imide groups is 1. The number of hydrogen-bond acceptors (Lipinski definition) is 5. The van der Waals surface area contributed by atoms with Crippen molar-refractivity contribution in [2.75, 3.05) is 11.5 Å². The van der Waals surface area contributed by atoms with Gasteiger partial charge in [0, 0.05) is 10.0 Å². The number of nitrogens with zero attached hydrogens (tertiary/aromatic N) is 1. The molecule has 1 aliphatic heterocycles. The number of carbonyl (C=O) groups excluding carboxylic acids is 4. The zero-order chi connectivity index (χ0) is 21.3. The van der Waals surface area contributed by atoms with E-state index in [1.165, 1.54) is 17.0 Å². The molecule has 2 fully saturated rings. The lowest BCUT2D eigenvalue weighted by molar-refractivity contribution is -0.122. The average molecular weight is 470 g/mol. The lowest BCUT2D eigenvalue weighted by Gasteiger charge is -2.19. The van der Waals surface area contributed by atoms with E-state index in [0.717, 1.165) is 30.2 Å². The number of carbonyl (C=O) groups is 4. The highest BCUT2D eigenvalue weighted by atomic mass is 79.9. The fraction of sp³-hybridized carbons (Fsp3) is 0.304. The van der Waals surface area contributed by atoms with Crippen LogP contribution in [0.1, 0.15) is 46.4 Å². The van der Waals surface area contributed by atoms with Crippen LogP contribution in [-0.2, 0) is 14.3 Å². The molecule has 2 aliphatic rings. The Morgan fingerprint density at radius 3 is 1.97 bits per heavy atom. The number of ketones is 1. The van der Waals surface area contributed by atoms with Crippen molar-refractivity contribution in [3.63, 3.8) is 0 Å². The number of fused-ring (bicyclic) bond motifs is 1. The van der Waals surface area contributed by atoms with Crippen molar-refractivity contribution in [2.24, 2.45) is 11.8 Å². The van der Waals surface area contributed by atoms with Crippen molar-refractivity contribution in [2.45, 2.75) is 25.7 Å². The van der Waals surface area contributed by atoms with Gasteiger partial charge >= 0.3 is 5.97 Å². The maximum absolute atomic E-state index is 12.7. The van der Waals surface area contributed by atoms with E-state index in [9.17, 15) is 19.2 Å². The number of benzene rings is 2. The number of rotatable bonds is 5. The largest absolute Gasteiger partial charge is 0.454 e. The van der Waals surface area contributed by atoms with Crippen LogP contribution in [0, 0.1) is 11.8 Å². The number of anilines is 1. The van der Waals surface area contributed by atoms with Crippen molar-refractivity contribution in [3.05, 3.63) is 64.1 Å². The average Bonchev–Trinajstić information content (AvgIpc) is 3.03. The second kappa shape index (κ2) is 8.52. The van der Waals surface area contributed by atoms with Crippen molar-refractivity contribution in [3.8, 4) is 0 Å². The summed E-state index contributed by atoms with van der Waals surface area (Å²) in [5, 5.41) is 0. The Hall–Kier alpha value is -2.80. The number of ether oxygens (including phenoxy) is 1. The van der Waals surface area contributed by atoms with Crippen molar-refractivity contribution >= 4 is 45.2 Å². The molecule has 154 valence electrons. The van der Waals surface area contributed by atoms with Gasteiger partial charge in [-0.15, -0.1) is 0 Å². The first kappa shape index (κ1) is 20.5. The molecule has 1 aliphatic carbocycles. The van der Waals surface area contributed by atoms with Gasteiger partial charge in [-0.05, 0) is 49.2 Å². The minimum absolute atomic E-state index is 0.153. The monoisotopic (exact) mass is 469 g/mol. The number of hydrogen-bond donors (Lipinski definition) is 0. The first-order chi connectivity index (χ1) is 14.5. The Balaban J connectivity index is 1.40. The maximum atomic E-state index is 12.7. The predicted molar refractivity (Wildman–Crippen MR) is 113 cm³/mol. The summed E-state index contributed by atoms with van der Waals surface area (Å²) in [6, 6.07) is 12.9. The Labute approximate surface area is 182 Å². The molecule has 30 heavy (non-hydrogen) atoms. The second-order valence-corrected chi connectivity index (χ2v) is 8.48. The zero-order valence-electron chi connectivity index (χ0n) is 16.2. The number of halogens is 1. The molecule has 1 saturated carbocycles. The fourth-order valence-electron chi connectivity index (χ4n) is 4.10. The van der Waals surface area contributed by atoms with E-state index < -0.39 is 5.97 Å². The maximum Gasteiger partial charge on any atom is 0.338 e. The minimum atomic E-state index is -0.639. The summed E-state index contributed by atoms with van der Waals surface area (Å²) in [6.07, 6.45) is 3.45. The molecule has 0 spiro atoms. The lowest BCUT2D eigenvalue weighted by atomic mass is 9.81. The Morgan fingerprint density at radius 1 is 0.867 bits per heavy atom. The molecule has 2 atom stereocenters. The van der Waals surface area contributed by atoms with Crippen LogP contribution < -0.4 is 4.90 Å². The highest BCUT2D eigenvalue weighted by Gasteiger charge is 2.48. The molecule has 0 N–H and O–H groups in total. The van der Waals surface area contributed by atoms with Gasteiger partial charge in [0.25, 0.3) is 0 Å². The zero-order valence-corrected chi connectivity index (χ0v) is 17.8. The summed E-state index contributed by atoms with van der Waals surface area (Å²) in [5.74, 6) is -1.69. The molecule has 2 aromatic carbocycles. The van der Waals surface area contributed by atoms with Crippen LogP contribution in [0.25, 0.3) is 0 Å². The molecule has 7 heteroatoms. The Morgan fingerprint density at radius 2 is 1.40 bits per heavy atom. The van der Waals surface area contributed by atoms with E-state index in [4.69, 9.17) is 4.74 Å². The quantitative estimate of drug-likeness (QED) is 0.372. The van der Waals surface area contributed by atoms with Crippen molar-refractivity contribution < 1.29 is 23.9 Å². The summed E-state index contributed by atoms with van der Waals surface area (Å²) < 4.78 is 5.96. The van der Waals surface area contributed by atoms with Crippen LogP contribution in [0.5, 0.6) is 0 Å². The highest BCUT2D eigenvalue weighted by molar-refractivity contribution is 9.10. The number of amides is 2. The van der Waals surface area contributed by atoms with Crippen LogP contribution in [0.2, 0.25) is 0 Å². The van der Waals surface area contributed by atoms with Gasteiger partial charge in [-0.3, -0.25) is 19.3 Å². The van der Waals surface area contributed by atoms with Crippen LogP contribution in [0.3, 0.4) is 0 Å². The summed E-state index contributed by atoms with van der Waals surface area (Å²) in [6.45, 7) is -0.366. The normalized spacial score (nSPS) is 20.8. The van der Waals surface area contributed by atoms with Gasteiger partial charge in [-0.25, -0.2) is 4.79 Å². The molecule has 2 aromatic rings. The second-order valence-electron chi connectivity index (χ2n) is 7.56. The smallest absolute Gasteiger partial charge is 0.338 e. The first-order valence-electron chi connectivity index (χ1n) is 9.89. The van der Waals surface area contributed by atoms with Gasteiger partial charge in [0.1, 0.15) is 0 Å². The van der Waals surface area contributed by atoms with E-state index in [-0.39, 0.29) is 41.6 Å². The topological polar surface area (TPSA) is 80.8 Å². The van der Waals surface area contributed by atoms with E-state index in [1.807, 2.05) is 0 Å². The molecule has 2 amide bonds. The molecule has 6 nitrogen and oxygen atoms in total. The Kier molecular flexibility index (Phi) is 5.81. The van der Waals surface area contributed by atoms with Crippen LogP contribution in [0.4, 0.5) is 5.69 Å². The Bertz CT molecular complexity index is 975. The van der Waals surface area contributed by atoms with E-state index >= 15 is 0 Å². The third kappa shape index (κ3) is 3.94. The molecule has 2 unspecified atom stereocenters. The van der Waals surface area contributed by atoms with Gasteiger partial charge < -0.3 is 4.74 Å². The first-order valence-corrected chi connectivity index (χ1v) is 10.7. The van der Waals surface area contributed by atoms with E-state index in [0.29, 0.717) is 11.3 Å². The molecular formula is C23H20BrNO5. The third-order valence-corrected chi connectivity index (χ3v) is 6.23.